The molecule has 0 saturated carbocycles. The minimum absolute atomic E-state index is 0.0804. The normalized spacial score (nSPS) is 15.7. The lowest BCUT2D eigenvalue weighted by molar-refractivity contribution is -0.144. The molecule has 0 heterocycles. The molecule has 0 aromatic heterocycles. The van der Waals surface area contributed by atoms with E-state index in [0.29, 0.717) is 5.56 Å². The number of carbonyl (C=O) groups is 4. The van der Waals surface area contributed by atoms with Crippen LogP contribution in [0.2, 0.25) is 0 Å². The molecule has 0 aliphatic rings. The number of benzene rings is 1. The summed E-state index contributed by atoms with van der Waals surface area (Å²) in [6, 6.07) is 1.49. The molecule has 0 spiro atoms. The molecule has 178 valence electrons. The maximum atomic E-state index is 12.5. The highest BCUT2D eigenvalue weighted by Gasteiger charge is 2.32. The van der Waals surface area contributed by atoms with Crippen molar-refractivity contribution in [2.75, 3.05) is 0 Å². The molecule has 1 aromatic rings. The molecule has 8 N–H and O–H groups in total. The van der Waals surface area contributed by atoms with Crippen LogP contribution in [-0.2, 0) is 25.6 Å². The van der Waals surface area contributed by atoms with Crippen LogP contribution in [-0.4, -0.2) is 69.3 Å². The summed E-state index contributed by atoms with van der Waals surface area (Å²) < 4.78 is 0. The minimum atomic E-state index is -1.42. The number of rotatable bonds is 11. The number of nitrogens with one attached hydrogen (secondary N) is 3. The molecular weight excluding hydrogens is 420 g/mol. The van der Waals surface area contributed by atoms with E-state index in [1.165, 1.54) is 26.0 Å². The van der Waals surface area contributed by atoms with Crippen molar-refractivity contribution in [1.82, 2.24) is 16.0 Å². The van der Waals surface area contributed by atoms with Gasteiger partial charge in [-0.05, 0) is 43.9 Å². The quantitative estimate of drug-likeness (QED) is 0.219. The van der Waals surface area contributed by atoms with Crippen molar-refractivity contribution in [3.05, 3.63) is 29.8 Å². The molecule has 11 heteroatoms. The highest BCUT2D eigenvalue weighted by atomic mass is 16.4. The predicted octanol–water partition coefficient (Wildman–Crippen LogP) is -1.14. The van der Waals surface area contributed by atoms with Gasteiger partial charge in [0.25, 0.3) is 0 Å². The van der Waals surface area contributed by atoms with E-state index in [1.807, 2.05) is 0 Å². The van der Waals surface area contributed by atoms with Gasteiger partial charge < -0.3 is 37.0 Å². The molecule has 0 fully saturated rings. The van der Waals surface area contributed by atoms with Crippen LogP contribution in [0.5, 0.6) is 5.75 Å². The van der Waals surface area contributed by atoms with Gasteiger partial charge in [0.05, 0.1) is 12.1 Å². The van der Waals surface area contributed by atoms with E-state index in [-0.39, 0.29) is 12.2 Å². The Morgan fingerprint density at radius 1 is 0.875 bits per heavy atom. The van der Waals surface area contributed by atoms with E-state index < -0.39 is 59.9 Å². The molecule has 1 rings (SSSR count). The number of phenolic OH excluding ortho intramolecular Hbond substituents is 1. The Labute approximate surface area is 186 Å². The van der Waals surface area contributed by atoms with Crippen LogP contribution in [0, 0.1) is 5.92 Å². The third-order valence-corrected chi connectivity index (χ3v) is 4.77. The minimum Gasteiger partial charge on any atom is -0.508 e. The average molecular weight is 453 g/mol. The molecule has 3 amide bonds. The second-order valence-electron chi connectivity index (χ2n) is 8.00. The van der Waals surface area contributed by atoms with E-state index in [2.05, 4.69) is 16.0 Å². The number of aliphatic hydroxyl groups excluding tert-OH is 1. The van der Waals surface area contributed by atoms with E-state index in [1.54, 1.807) is 26.0 Å². The molecular formula is C21H32N4O7. The number of aromatic hydroxyl groups is 1. The van der Waals surface area contributed by atoms with Crippen LogP contribution < -0.4 is 21.7 Å². The summed E-state index contributed by atoms with van der Waals surface area (Å²) in [6.45, 7) is 5.86. The molecule has 5 unspecified atom stereocenters. The van der Waals surface area contributed by atoms with Crippen molar-refractivity contribution in [2.45, 2.75) is 64.4 Å². The zero-order valence-corrected chi connectivity index (χ0v) is 18.5. The predicted molar refractivity (Wildman–Crippen MR) is 115 cm³/mol. The number of hydrogen-bond donors (Lipinski definition) is 7. The Hall–Kier alpha value is -3.18. The van der Waals surface area contributed by atoms with Crippen molar-refractivity contribution in [1.29, 1.82) is 0 Å². The van der Waals surface area contributed by atoms with Gasteiger partial charge >= 0.3 is 5.97 Å². The zero-order valence-electron chi connectivity index (χ0n) is 18.5. The topological polar surface area (TPSA) is 191 Å². The number of carboxylic acid groups (broad SMARTS) is 1. The summed E-state index contributed by atoms with van der Waals surface area (Å²) in [5.74, 6) is -3.81. The third-order valence-electron chi connectivity index (χ3n) is 4.77. The van der Waals surface area contributed by atoms with Gasteiger partial charge in [0.2, 0.25) is 17.7 Å². The lowest BCUT2D eigenvalue weighted by Crippen LogP contribution is -2.59. The number of hydrogen-bond acceptors (Lipinski definition) is 7. The summed E-state index contributed by atoms with van der Waals surface area (Å²) in [7, 11) is 0. The first-order valence-corrected chi connectivity index (χ1v) is 10.2. The van der Waals surface area contributed by atoms with Crippen molar-refractivity contribution in [3.8, 4) is 5.75 Å². The van der Waals surface area contributed by atoms with Crippen LogP contribution in [0.1, 0.15) is 33.3 Å². The molecule has 11 nitrogen and oxygen atoms in total. The van der Waals surface area contributed by atoms with Crippen molar-refractivity contribution in [2.24, 2.45) is 11.7 Å². The highest BCUT2D eigenvalue weighted by molar-refractivity contribution is 5.94. The van der Waals surface area contributed by atoms with Gasteiger partial charge in [-0.25, -0.2) is 4.79 Å². The molecule has 0 saturated heterocycles. The summed E-state index contributed by atoms with van der Waals surface area (Å²) >= 11 is 0. The summed E-state index contributed by atoms with van der Waals surface area (Å²) in [5.41, 5.74) is 6.59. The van der Waals surface area contributed by atoms with Gasteiger partial charge in [-0.2, -0.15) is 0 Å². The van der Waals surface area contributed by atoms with Crippen LogP contribution in [0.25, 0.3) is 0 Å². The standard InChI is InChI=1S/C21H32N4O7/c1-10(2)16(21(31)32)24-20(30)17(12(4)26)25-18(28)11(3)23-19(29)15(22)9-13-5-7-14(27)8-6-13/h5-8,10-12,15-17,26-27H,9,22H2,1-4H3,(H,23,29)(H,24,30)(H,25,28)(H,31,32). The maximum Gasteiger partial charge on any atom is 0.326 e. The highest BCUT2D eigenvalue weighted by Crippen LogP contribution is 2.11. The fourth-order valence-corrected chi connectivity index (χ4v) is 2.80. The third kappa shape index (κ3) is 8.16. The second kappa shape index (κ2) is 12.0. The number of amides is 3. The van der Waals surface area contributed by atoms with Gasteiger partial charge in [0, 0.05) is 0 Å². The van der Waals surface area contributed by atoms with Gasteiger partial charge in [-0.1, -0.05) is 26.0 Å². The molecule has 0 bridgehead atoms. The fourth-order valence-electron chi connectivity index (χ4n) is 2.80. The Bertz CT molecular complexity index is 811. The Balaban J connectivity index is 2.71. The molecule has 0 aliphatic carbocycles. The van der Waals surface area contributed by atoms with Gasteiger partial charge in [-0.15, -0.1) is 0 Å². The number of phenols is 1. The number of carbonyl (C=O) groups excluding carboxylic acids is 3. The molecule has 5 atom stereocenters. The Kier molecular flexibility index (Phi) is 10.1. The van der Waals surface area contributed by atoms with Crippen LogP contribution in [0.3, 0.4) is 0 Å². The monoisotopic (exact) mass is 452 g/mol. The van der Waals surface area contributed by atoms with Gasteiger partial charge in [-0.3, -0.25) is 14.4 Å². The number of aliphatic carboxylic acids is 1. The van der Waals surface area contributed by atoms with Crippen LogP contribution in [0.4, 0.5) is 0 Å². The van der Waals surface area contributed by atoms with E-state index >= 15 is 0 Å². The molecule has 32 heavy (non-hydrogen) atoms. The Morgan fingerprint density at radius 2 is 1.41 bits per heavy atom. The van der Waals surface area contributed by atoms with Gasteiger partial charge in [0.1, 0.15) is 23.9 Å². The lowest BCUT2D eigenvalue weighted by Gasteiger charge is -2.26. The van der Waals surface area contributed by atoms with Crippen molar-refractivity contribution < 1.29 is 34.5 Å². The SMILES string of the molecule is CC(NC(=O)C(N)Cc1ccc(O)cc1)C(=O)NC(C(=O)NC(C(=O)O)C(C)C)C(C)O. The van der Waals surface area contributed by atoms with E-state index in [4.69, 9.17) is 5.73 Å². The zero-order chi connectivity index (χ0) is 24.6. The lowest BCUT2D eigenvalue weighted by atomic mass is 10.0. The smallest absolute Gasteiger partial charge is 0.326 e. The number of carboxylic acids is 1. The first kappa shape index (κ1) is 26.9. The van der Waals surface area contributed by atoms with E-state index in [0.717, 1.165) is 0 Å². The average Bonchev–Trinajstić information content (AvgIpc) is 2.70. The van der Waals surface area contributed by atoms with Crippen molar-refractivity contribution in [3.63, 3.8) is 0 Å². The molecule has 0 radical (unpaired) electrons. The summed E-state index contributed by atoms with van der Waals surface area (Å²) in [5, 5.41) is 35.5. The largest absolute Gasteiger partial charge is 0.508 e. The van der Waals surface area contributed by atoms with E-state index in [9.17, 15) is 34.5 Å². The maximum absolute atomic E-state index is 12.5. The summed E-state index contributed by atoms with van der Waals surface area (Å²) in [6.07, 6.45) is -1.15. The Morgan fingerprint density at radius 3 is 1.88 bits per heavy atom. The van der Waals surface area contributed by atoms with Crippen LogP contribution >= 0.6 is 0 Å². The van der Waals surface area contributed by atoms with Crippen LogP contribution in [0.15, 0.2) is 24.3 Å². The number of aliphatic hydroxyl groups is 1. The summed E-state index contributed by atoms with van der Waals surface area (Å²) in [4.78, 5) is 48.5. The van der Waals surface area contributed by atoms with Gasteiger partial charge in [0.15, 0.2) is 0 Å². The fraction of sp³-hybridized carbons (Fsp3) is 0.524. The first-order valence-electron chi connectivity index (χ1n) is 10.2. The first-order chi connectivity index (χ1) is 14.8. The van der Waals surface area contributed by atoms with Crippen molar-refractivity contribution >= 4 is 23.7 Å². The second-order valence-corrected chi connectivity index (χ2v) is 8.00. The number of nitrogens with two attached hydrogens (primary N) is 1. The molecule has 0 aliphatic heterocycles. The molecule has 1 aromatic carbocycles.